The molecule has 0 aliphatic heterocycles. The first kappa shape index (κ1) is 20.5. The van der Waals surface area contributed by atoms with E-state index in [1.54, 1.807) is 54.7 Å². The van der Waals surface area contributed by atoms with E-state index in [2.05, 4.69) is 36.5 Å². The molecule has 7 nitrogen and oxygen atoms in total. The van der Waals surface area contributed by atoms with Crippen molar-refractivity contribution in [3.05, 3.63) is 88.3 Å². The van der Waals surface area contributed by atoms with Gasteiger partial charge in [0.1, 0.15) is 0 Å². The average Bonchev–Trinajstić information content (AvgIpc) is 2.75. The molecule has 4 rings (SSSR count). The maximum Gasteiger partial charge on any atom is 0.257 e. The number of pyridine rings is 2. The lowest BCUT2D eigenvalue weighted by molar-refractivity contribution is 0.101. The van der Waals surface area contributed by atoms with Gasteiger partial charge in [-0.2, -0.15) is 0 Å². The largest absolute Gasteiger partial charge is 0.397 e. The number of anilines is 3. The number of fused-ring (bicyclic) bond motifs is 1. The van der Waals surface area contributed by atoms with Crippen LogP contribution in [0.5, 0.6) is 0 Å². The van der Waals surface area contributed by atoms with Gasteiger partial charge in [-0.15, -0.1) is 0 Å². The third kappa shape index (κ3) is 4.70. The second-order valence-electron chi connectivity index (χ2n) is 6.95. The van der Waals surface area contributed by atoms with Gasteiger partial charge >= 0.3 is 0 Å². The molecule has 0 saturated carbocycles. The van der Waals surface area contributed by atoms with E-state index >= 15 is 0 Å². The Bertz CT molecular complexity index is 1310. The highest BCUT2D eigenvalue weighted by Crippen LogP contribution is 2.21. The summed E-state index contributed by atoms with van der Waals surface area (Å²) in [4.78, 5) is 33.4. The highest BCUT2D eigenvalue weighted by atomic mass is 79.9. The summed E-state index contributed by atoms with van der Waals surface area (Å²) in [5.41, 5.74) is 10.2. The SMILES string of the molecule is Cc1nc2ccc(C(=O)Nc3ccc(NC(=O)c4cncc(Br)c4)cc3)cc2cc1N. The molecule has 2 aromatic heterocycles. The number of nitrogens with one attached hydrogen (secondary N) is 2. The lowest BCUT2D eigenvalue weighted by Crippen LogP contribution is -2.13. The molecular weight excluding hydrogens is 458 g/mol. The summed E-state index contributed by atoms with van der Waals surface area (Å²) >= 11 is 3.29. The van der Waals surface area contributed by atoms with E-state index in [1.807, 2.05) is 13.0 Å². The molecule has 0 atom stereocenters. The number of aromatic nitrogens is 2. The summed E-state index contributed by atoms with van der Waals surface area (Å²) in [5, 5.41) is 6.45. The van der Waals surface area contributed by atoms with Crippen molar-refractivity contribution >= 4 is 55.7 Å². The number of carbonyl (C=O) groups is 2. The van der Waals surface area contributed by atoms with Crippen LogP contribution in [0.25, 0.3) is 10.9 Å². The van der Waals surface area contributed by atoms with Crippen LogP contribution < -0.4 is 16.4 Å². The van der Waals surface area contributed by atoms with Crippen molar-refractivity contribution < 1.29 is 9.59 Å². The number of hydrogen-bond donors (Lipinski definition) is 3. The van der Waals surface area contributed by atoms with Gasteiger partial charge in [0, 0.05) is 39.2 Å². The Kier molecular flexibility index (Phi) is 5.64. The lowest BCUT2D eigenvalue weighted by atomic mass is 10.1. The van der Waals surface area contributed by atoms with Crippen molar-refractivity contribution in [2.24, 2.45) is 0 Å². The summed E-state index contributed by atoms with van der Waals surface area (Å²) in [5.74, 6) is -0.525. The van der Waals surface area contributed by atoms with Crippen molar-refractivity contribution in [3.8, 4) is 0 Å². The maximum atomic E-state index is 12.6. The number of rotatable bonds is 4. The molecule has 0 bridgehead atoms. The zero-order valence-electron chi connectivity index (χ0n) is 16.5. The molecule has 2 heterocycles. The Morgan fingerprint density at radius 1 is 0.871 bits per heavy atom. The first-order valence-electron chi connectivity index (χ1n) is 9.39. The predicted octanol–water partition coefficient (Wildman–Crippen LogP) is 4.79. The Morgan fingerprint density at radius 3 is 2.16 bits per heavy atom. The molecule has 0 saturated heterocycles. The van der Waals surface area contributed by atoms with E-state index in [0.29, 0.717) is 28.2 Å². The topological polar surface area (TPSA) is 110 Å². The van der Waals surface area contributed by atoms with Gasteiger partial charge in [0.15, 0.2) is 0 Å². The third-order valence-electron chi connectivity index (χ3n) is 4.67. The minimum atomic E-state index is -0.273. The van der Waals surface area contributed by atoms with Gasteiger partial charge in [-0.1, -0.05) is 0 Å². The minimum absolute atomic E-state index is 0.252. The number of benzene rings is 2. The Balaban J connectivity index is 1.45. The Labute approximate surface area is 186 Å². The molecule has 4 N–H and O–H groups in total. The molecule has 2 amide bonds. The number of aryl methyl sites for hydroxylation is 1. The lowest BCUT2D eigenvalue weighted by Gasteiger charge is -2.09. The van der Waals surface area contributed by atoms with Crippen LogP contribution in [0.3, 0.4) is 0 Å². The van der Waals surface area contributed by atoms with Crippen LogP contribution in [0.4, 0.5) is 17.1 Å². The quantitative estimate of drug-likeness (QED) is 0.393. The predicted molar refractivity (Wildman–Crippen MR) is 125 cm³/mol. The molecular formula is C23H18BrN5O2. The zero-order valence-corrected chi connectivity index (χ0v) is 18.1. The molecule has 154 valence electrons. The number of nitrogen functional groups attached to an aromatic ring is 1. The van der Waals surface area contributed by atoms with Gasteiger partial charge < -0.3 is 16.4 Å². The van der Waals surface area contributed by atoms with Gasteiger partial charge in [0.25, 0.3) is 11.8 Å². The molecule has 4 aromatic rings. The standard InChI is InChI=1S/C23H18BrN5O2/c1-13-20(25)10-15-8-14(2-7-21(15)27-13)22(30)28-18-3-5-19(6-4-18)29-23(31)16-9-17(24)12-26-11-16/h2-12H,25H2,1H3,(H,28,30)(H,29,31). The van der Waals surface area contributed by atoms with Crippen LogP contribution in [0.2, 0.25) is 0 Å². The molecule has 2 aromatic carbocycles. The number of amides is 2. The van der Waals surface area contributed by atoms with E-state index in [1.165, 1.54) is 6.20 Å². The summed E-state index contributed by atoms with van der Waals surface area (Å²) in [6, 6.07) is 15.6. The maximum absolute atomic E-state index is 12.6. The van der Waals surface area contributed by atoms with E-state index in [0.717, 1.165) is 21.1 Å². The van der Waals surface area contributed by atoms with Crippen LogP contribution in [0, 0.1) is 6.92 Å². The fourth-order valence-electron chi connectivity index (χ4n) is 3.01. The van der Waals surface area contributed by atoms with Crippen LogP contribution in [-0.4, -0.2) is 21.8 Å². The molecule has 8 heteroatoms. The summed E-state index contributed by atoms with van der Waals surface area (Å²) < 4.78 is 0.723. The Hall–Kier alpha value is -3.78. The monoisotopic (exact) mass is 475 g/mol. The molecule has 31 heavy (non-hydrogen) atoms. The van der Waals surface area contributed by atoms with E-state index < -0.39 is 0 Å². The van der Waals surface area contributed by atoms with Crippen molar-refractivity contribution in [2.75, 3.05) is 16.4 Å². The average molecular weight is 476 g/mol. The molecule has 0 radical (unpaired) electrons. The van der Waals surface area contributed by atoms with Crippen molar-refractivity contribution in [3.63, 3.8) is 0 Å². The summed E-state index contributed by atoms with van der Waals surface area (Å²) in [6.45, 7) is 1.84. The third-order valence-corrected chi connectivity index (χ3v) is 5.11. The van der Waals surface area contributed by atoms with E-state index in [4.69, 9.17) is 5.73 Å². The van der Waals surface area contributed by atoms with Gasteiger partial charge in [-0.3, -0.25) is 19.6 Å². The molecule has 0 spiro atoms. The first-order valence-corrected chi connectivity index (χ1v) is 10.2. The zero-order chi connectivity index (χ0) is 22.0. The van der Waals surface area contributed by atoms with Crippen molar-refractivity contribution in [1.82, 2.24) is 9.97 Å². The van der Waals surface area contributed by atoms with Crippen LogP contribution >= 0.6 is 15.9 Å². The smallest absolute Gasteiger partial charge is 0.257 e. The van der Waals surface area contributed by atoms with Gasteiger partial charge in [0.2, 0.25) is 0 Å². The van der Waals surface area contributed by atoms with Crippen LogP contribution in [0.1, 0.15) is 26.4 Å². The second-order valence-corrected chi connectivity index (χ2v) is 7.86. The van der Waals surface area contributed by atoms with E-state index in [-0.39, 0.29) is 11.8 Å². The number of hydrogen-bond acceptors (Lipinski definition) is 5. The molecule has 0 aliphatic carbocycles. The fourth-order valence-corrected chi connectivity index (χ4v) is 3.37. The fraction of sp³-hybridized carbons (Fsp3) is 0.0435. The number of nitrogens with zero attached hydrogens (tertiary/aromatic N) is 2. The molecule has 0 unspecified atom stereocenters. The van der Waals surface area contributed by atoms with Gasteiger partial charge in [0.05, 0.1) is 22.5 Å². The minimum Gasteiger partial charge on any atom is -0.397 e. The van der Waals surface area contributed by atoms with Crippen LogP contribution in [0.15, 0.2) is 71.5 Å². The van der Waals surface area contributed by atoms with Gasteiger partial charge in [-0.05, 0) is 77.5 Å². The Morgan fingerprint density at radius 2 is 1.52 bits per heavy atom. The molecule has 0 fully saturated rings. The van der Waals surface area contributed by atoms with Crippen molar-refractivity contribution in [2.45, 2.75) is 6.92 Å². The number of nitrogens with two attached hydrogens (primary N) is 1. The normalized spacial score (nSPS) is 10.6. The van der Waals surface area contributed by atoms with E-state index in [9.17, 15) is 9.59 Å². The summed E-state index contributed by atoms with van der Waals surface area (Å²) in [7, 11) is 0. The number of carbonyl (C=O) groups excluding carboxylic acids is 2. The highest BCUT2D eigenvalue weighted by Gasteiger charge is 2.10. The highest BCUT2D eigenvalue weighted by molar-refractivity contribution is 9.10. The van der Waals surface area contributed by atoms with Crippen molar-refractivity contribution in [1.29, 1.82) is 0 Å². The second kappa shape index (κ2) is 8.53. The first-order chi connectivity index (χ1) is 14.9. The van der Waals surface area contributed by atoms with Crippen LogP contribution in [-0.2, 0) is 0 Å². The van der Waals surface area contributed by atoms with Gasteiger partial charge in [-0.25, -0.2) is 0 Å². The summed E-state index contributed by atoms with van der Waals surface area (Å²) in [6.07, 6.45) is 3.10. The number of halogens is 1. The molecule has 0 aliphatic rings.